The summed E-state index contributed by atoms with van der Waals surface area (Å²) in [5.41, 5.74) is 0. The molecule has 0 amide bonds. The number of rotatable bonds is 9. The lowest BCUT2D eigenvalue weighted by Gasteiger charge is -2.42. The van der Waals surface area contributed by atoms with Gasteiger partial charge in [-0.05, 0) is 32.2 Å². The van der Waals surface area contributed by atoms with Crippen LogP contribution in [0.15, 0.2) is 0 Å². The molecule has 0 atom stereocenters. The molecule has 98 valence electrons. The van der Waals surface area contributed by atoms with Crippen LogP contribution in [0.2, 0.25) is 11.6 Å². The van der Waals surface area contributed by atoms with Crippen molar-refractivity contribution < 1.29 is 8.85 Å². The fourth-order valence-corrected chi connectivity index (χ4v) is 5.13. The van der Waals surface area contributed by atoms with Crippen molar-refractivity contribution in [3.05, 3.63) is 0 Å². The zero-order valence-electron chi connectivity index (χ0n) is 12.1. The van der Waals surface area contributed by atoms with Crippen molar-refractivity contribution in [2.24, 2.45) is 0 Å². The van der Waals surface area contributed by atoms with Gasteiger partial charge in [0.15, 0.2) is 0 Å². The van der Waals surface area contributed by atoms with Crippen molar-refractivity contribution in [2.75, 3.05) is 13.2 Å². The summed E-state index contributed by atoms with van der Waals surface area (Å²) < 4.78 is 12.3. The second-order valence-corrected chi connectivity index (χ2v) is 8.59. The van der Waals surface area contributed by atoms with E-state index in [1.165, 1.54) is 0 Å². The highest BCUT2D eigenvalue weighted by atomic mass is 28.4. The van der Waals surface area contributed by atoms with Gasteiger partial charge >= 0.3 is 8.56 Å². The second kappa shape index (κ2) is 7.46. The lowest BCUT2D eigenvalue weighted by molar-refractivity contribution is 0.144. The van der Waals surface area contributed by atoms with Gasteiger partial charge in [-0.3, -0.25) is 0 Å². The van der Waals surface area contributed by atoms with Gasteiger partial charge in [-0.15, -0.1) is 0 Å². The normalized spacial score (nSPS) is 13.1. The molecule has 0 unspecified atom stereocenters. The average Bonchev–Trinajstić information content (AvgIpc) is 2.32. The number of hydrogen-bond acceptors (Lipinski definition) is 2. The predicted octanol–water partition coefficient (Wildman–Crippen LogP) is 4.49. The van der Waals surface area contributed by atoms with E-state index >= 15 is 0 Å². The van der Waals surface area contributed by atoms with Crippen LogP contribution in [0.25, 0.3) is 0 Å². The first-order valence-corrected chi connectivity index (χ1v) is 9.09. The van der Waals surface area contributed by atoms with Crippen LogP contribution in [0, 0.1) is 0 Å². The topological polar surface area (TPSA) is 18.5 Å². The summed E-state index contributed by atoms with van der Waals surface area (Å²) in [4.78, 5) is 0. The maximum Gasteiger partial charge on any atom is 0.341 e. The summed E-state index contributed by atoms with van der Waals surface area (Å²) >= 11 is 0. The monoisotopic (exact) mass is 246 g/mol. The van der Waals surface area contributed by atoms with Crippen molar-refractivity contribution in [1.29, 1.82) is 0 Å². The Hall–Kier alpha value is 0.137. The van der Waals surface area contributed by atoms with Gasteiger partial charge in [0.1, 0.15) is 0 Å². The molecule has 0 aliphatic rings. The van der Waals surface area contributed by atoms with Crippen LogP contribution in [0.4, 0.5) is 0 Å². The van der Waals surface area contributed by atoms with E-state index in [1.54, 1.807) is 0 Å². The average molecular weight is 246 g/mol. The molecule has 0 saturated carbocycles. The fourth-order valence-electron chi connectivity index (χ4n) is 1.88. The molecule has 0 aromatic rings. The van der Waals surface area contributed by atoms with Gasteiger partial charge in [0.05, 0.1) is 0 Å². The Morgan fingerprint density at radius 1 is 0.875 bits per heavy atom. The molecule has 16 heavy (non-hydrogen) atoms. The molecule has 0 aliphatic carbocycles. The summed E-state index contributed by atoms with van der Waals surface area (Å²) in [6, 6.07) is 0. The molecular weight excluding hydrogens is 216 g/mol. The van der Waals surface area contributed by atoms with Crippen molar-refractivity contribution >= 4 is 8.56 Å². The maximum atomic E-state index is 6.14. The standard InChI is InChI=1S/C13H30O2Si/c1-7-11-14-16(6,15-12-8-2)13(5,9-3)10-4/h7-12H2,1-6H3. The van der Waals surface area contributed by atoms with E-state index in [-0.39, 0.29) is 5.04 Å². The van der Waals surface area contributed by atoms with Gasteiger partial charge in [-0.1, -0.05) is 34.6 Å². The SMILES string of the molecule is CCCO[Si](C)(OCCC)C(C)(CC)CC. The third-order valence-electron chi connectivity index (χ3n) is 3.82. The minimum atomic E-state index is -2.05. The van der Waals surface area contributed by atoms with Gasteiger partial charge in [0, 0.05) is 18.3 Å². The Morgan fingerprint density at radius 2 is 1.25 bits per heavy atom. The molecule has 0 bridgehead atoms. The van der Waals surface area contributed by atoms with E-state index in [2.05, 4.69) is 41.2 Å². The molecule has 2 nitrogen and oxygen atoms in total. The van der Waals surface area contributed by atoms with Crippen LogP contribution in [-0.2, 0) is 8.85 Å². The van der Waals surface area contributed by atoms with Crippen molar-refractivity contribution in [3.63, 3.8) is 0 Å². The minimum absolute atomic E-state index is 0.233. The molecule has 0 fully saturated rings. The van der Waals surface area contributed by atoms with Crippen LogP contribution >= 0.6 is 0 Å². The van der Waals surface area contributed by atoms with Crippen molar-refractivity contribution in [3.8, 4) is 0 Å². The van der Waals surface area contributed by atoms with Crippen LogP contribution < -0.4 is 0 Å². The van der Waals surface area contributed by atoms with E-state index in [4.69, 9.17) is 8.85 Å². The molecule has 0 heterocycles. The smallest absolute Gasteiger partial charge is 0.341 e. The third-order valence-corrected chi connectivity index (χ3v) is 8.23. The highest BCUT2D eigenvalue weighted by Gasteiger charge is 2.48. The van der Waals surface area contributed by atoms with Crippen LogP contribution in [0.3, 0.4) is 0 Å². The van der Waals surface area contributed by atoms with E-state index in [0.29, 0.717) is 0 Å². The maximum absolute atomic E-state index is 6.14. The minimum Gasteiger partial charge on any atom is -0.394 e. The summed E-state index contributed by atoms with van der Waals surface area (Å²) in [5.74, 6) is 0. The van der Waals surface area contributed by atoms with Crippen molar-refractivity contribution in [2.45, 2.75) is 71.9 Å². The first-order chi connectivity index (χ1) is 7.49. The van der Waals surface area contributed by atoms with Gasteiger partial charge in [-0.2, -0.15) is 0 Å². The Morgan fingerprint density at radius 3 is 1.50 bits per heavy atom. The first-order valence-electron chi connectivity index (χ1n) is 6.77. The second-order valence-electron chi connectivity index (χ2n) is 4.91. The Labute approximate surface area is 103 Å². The molecule has 0 N–H and O–H groups in total. The van der Waals surface area contributed by atoms with Crippen LogP contribution in [-0.4, -0.2) is 21.8 Å². The first kappa shape index (κ1) is 16.1. The molecule has 0 aromatic heterocycles. The van der Waals surface area contributed by atoms with E-state index in [0.717, 1.165) is 38.9 Å². The van der Waals surface area contributed by atoms with Crippen molar-refractivity contribution in [1.82, 2.24) is 0 Å². The molecule has 0 spiro atoms. The molecule has 3 heteroatoms. The third kappa shape index (κ3) is 3.86. The van der Waals surface area contributed by atoms with Gasteiger partial charge in [0.2, 0.25) is 0 Å². The number of hydrogen-bond donors (Lipinski definition) is 0. The summed E-state index contributed by atoms with van der Waals surface area (Å²) in [7, 11) is -2.05. The van der Waals surface area contributed by atoms with E-state index in [1.807, 2.05) is 0 Å². The lowest BCUT2D eigenvalue weighted by Crippen LogP contribution is -2.50. The molecule has 0 saturated heterocycles. The van der Waals surface area contributed by atoms with Gasteiger partial charge in [-0.25, -0.2) is 0 Å². The lowest BCUT2D eigenvalue weighted by atomic mass is 10.1. The Balaban J connectivity index is 4.73. The zero-order chi connectivity index (χ0) is 12.7. The summed E-state index contributed by atoms with van der Waals surface area (Å²) in [6.07, 6.45) is 4.42. The van der Waals surface area contributed by atoms with E-state index in [9.17, 15) is 0 Å². The molecule has 0 aromatic carbocycles. The van der Waals surface area contributed by atoms with Crippen LogP contribution in [0.1, 0.15) is 60.3 Å². The largest absolute Gasteiger partial charge is 0.394 e. The molecule has 0 radical (unpaired) electrons. The Bertz CT molecular complexity index is 171. The van der Waals surface area contributed by atoms with Gasteiger partial charge < -0.3 is 8.85 Å². The zero-order valence-corrected chi connectivity index (χ0v) is 13.1. The van der Waals surface area contributed by atoms with Gasteiger partial charge in [0.25, 0.3) is 0 Å². The fraction of sp³-hybridized carbons (Fsp3) is 1.00. The van der Waals surface area contributed by atoms with E-state index < -0.39 is 8.56 Å². The highest BCUT2D eigenvalue weighted by Crippen LogP contribution is 2.45. The van der Waals surface area contributed by atoms with Crippen LogP contribution in [0.5, 0.6) is 0 Å². The molecular formula is C13H30O2Si. The summed E-state index contributed by atoms with van der Waals surface area (Å²) in [6.45, 7) is 15.0. The quantitative estimate of drug-likeness (QED) is 0.558. The summed E-state index contributed by atoms with van der Waals surface area (Å²) in [5, 5.41) is 0.233. The Kier molecular flexibility index (Phi) is 7.52. The molecule has 0 rings (SSSR count). The predicted molar refractivity (Wildman–Crippen MR) is 73.1 cm³/mol. The molecule has 0 aliphatic heterocycles. The highest BCUT2D eigenvalue weighted by molar-refractivity contribution is 6.69.